The molecule has 0 radical (unpaired) electrons. The second kappa shape index (κ2) is 3.29. The van der Waals surface area contributed by atoms with E-state index in [4.69, 9.17) is 0 Å². The Balaban J connectivity index is 1.87. The lowest BCUT2D eigenvalue weighted by molar-refractivity contribution is -0.125. The summed E-state index contributed by atoms with van der Waals surface area (Å²) in [7, 11) is 2.08. The number of carbonyl (C=O) groups is 1. The van der Waals surface area contributed by atoms with Crippen LogP contribution in [0.15, 0.2) is 0 Å². The third-order valence-corrected chi connectivity index (χ3v) is 3.06. The minimum atomic E-state index is 0.227. The van der Waals surface area contributed by atoms with Gasteiger partial charge in [0.25, 0.3) is 0 Å². The smallest absolute Gasteiger partial charge is 0.224 e. The molecule has 2 aliphatic rings. The van der Waals surface area contributed by atoms with E-state index in [1.807, 2.05) is 0 Å². The molecule has 2 rings (SSSR count). The molecule has 3 heteroatoms. The second-order valence-corrected chi connectivity index (χ2v) is 4.59. The highest BCUT2D eigenvalue weighted by molar-refractivity contribution is 5.80. The molecule has 13 heavy (non-hydrogen) atoms. The average molecular weight is 182 g/mol. The van der Waals surface area contributed by atoms with Gasteiger partial charge in [0.15, 0.2) is 0 Å². The molecule has 1 aliphatic heterocycles. The van der Waals surface area contributed by atoms with Gasteiger partial charge in [-0.3, -0.25) is 4.79 Å². The third kappa shape index (κ3) is 2.02. The van der Waals surface area contributed by atoms with E-state index in [0.717, 1.165) is 13.1 Å². The molecular weight excluding hydrogens is 164 g/mol. The predicted molar refractivity (Wildman–Crippen MR) is 51.3 cm³/mol. The summed E-state index contributed by atoms with van der Waals surface area (Å²) in [5, 5.41) is 3.08. The summed E-state index contributed by atoms with van der Waals surface area (Å²) in [5.74, 6) is 1.02. The monoisotopic (exact) mass is 182 g/mol. The van der Waals surface area contributed by atoms with Crippen LogP contribution in [0.3, 0.4) is 0 Å². The molecule has 74 valence electrons. The lowest BCUT2D eigenvalue weighted by atomic mass is 9.97. The molecular formula is C10H18N2O. The van der Waals surface area contributed by atoms with Crippen LogP contribution in [-0.4, -0.2) is 37.0 Å². The Kier molecular flexibility index (Phi) is 2.28. The van der Waals surface area contributed by atoms with Gasteiger partial charge in [0.1, 0.15) is 0 Å². The first-order chi connectivity index (χ1) is 6.16. The van der Waals surface area contributed by atoms with Crippen LogP contribution in [-0.2, 0) is 4.79 Å². The number of hydrogen-bond acceptors (Lipinski definition) is 2. The predicted octanol–water partition coefficient (Wildman–Crippen LogP) is 0.463. The summed E-state index contributed by atoms with van der Waals surface area (Å²) in [5.41, 5.74) is 0. The van der Waals surface area contributed by atoms with Crippen molar-refractivity contribution in [3.63, 3.8) is 0 Å². The summed E-state index contributed by atoms with van der Waals surface area (Å²) in [6, 6.07) is 0.505. The second-order valence-electron chi connectivity index (χ2n) is 4.59. The van der Waals surface area contributed by atoms with E-state index in [1.54, 1.807) is 0 Å². The highest BCUT2D eigenvalue weighted by Gasteiger charge is 2.35. The highest BCUT2D eigenvalue weighted by atomic mass is 16.2. The molecule has 1 amide bonds. The first-order valence-corrected chi connectivity index (χ1v) is 5.15. The van der Waals surface area contributed by atoms with Crippen molar-refractivity contribution in [3.8, 4) is 0 Å². The maximum Gasteiger partial charge on any atom is 0.224 e. The molecule has 3 nitrogen and oxygen atoms in total. The molecule has 2 fully saturated rings. The van der Waals surface area contributed by atoms with E-state index in [9.17, 15) is 4.79 Å². The summed E-state index contributed by atoms with van der Waals surface area (Å²) >= 11 is 0. The van der Waals surface area contributed by atoms with Gasteiger partial charge in [0, 0.05) is 19.1 Å². The van der Waals surface area contributed by atoms with Crippen LogP contribution in [0.5, 0.6) is 0 Å². The first kappa shape index (κ1) is 9.00. The summed E-state index contributed by atoms with van der Waals surface area (Å²) < 4.78 is 0. The van der Waals surface area contributed by atoms with E-state index < -0.39 is 0 Å². The molecule has 1 heterocycles. The Labute approximate surface area is 79.5 Å². The van der Waals surface area contributed by atoms with Crippen LogP contribution < -0.4 is 5.32 Å². The molecule has 0 aromatic carbocycles. The number of rotatable bonds is 2. The van der Waals surface area contributed by atoms with E-state index >= 15 is 0 Å². The fraction of sp³-hybridized carbons (Fsp3) is 0.900. The quantitative estimate of drug-likeness (QED) is 0.673. The van der Waals surface area contributed by atoms with Crippen molar-refractivity contribution < 1.29 is 4.79 Å². The van der Waals surface area contributed by atoms with Crippen LogP contribution in [0.25, 0.3) is 0 Å². The van der Waals surface area contributed by atoms with Gasteiger partial charge in [-0.25, -0.2) is 0 Å². The molecule has 0 bridgehead atoms. The average Bonchev–Trinajstić information content (AvgIpc) is 2.77. The third-order valence-electron chi connectivity index (χ3n) is 3.06. The summed E-state index contributed by atoms with van der Waals surface area (Å²) in [6.45, 7) is 4.16. The van der Waals surface area contributed by atoms with Crippen LogP contribution >= 0.6 is 0 Å². The van der Waals surface area contributed by atoms with Crippen molar-refractivity contribution in [1.82, 2.24) is 10.2 Å². The Morgan fingerprint density at radius 2 is 2.08 bits per heavy atom. The minimum Gasteiger partial charge on any atom is -0.353 e. The van der Waals surface area contributed by atoms with E-state index in [-0.39, 0.29) is 11.8 Å². The lowest BCUT2D eigenvalue weighted by Crippen LogP contribution is -2.35. The van der Waals surface area contributed by atoms with Gasteiger partial charge in [0.2, 0.25) is 5.91 Å². The number of nitrogens with one attached hydrogen (secondary N) is 1. The molecule has 0 aromatic rings. The lowest BCUT2D eigenvalue weighted by Gasteiger charge is -2.13. The van der Waals surface area contributed by atoms with Gasteiger partial charge in [0.05, 0.1) is 5.92 Å². The van der Waals surface area contributed by atoms with Crippen molar-refractivity contribution in [1.29, 1.82) is 0 Å². The van der Waals surface area contributed by atoms with Gasteiger partial charge in [-0.1, -0.05) is 6.92 Å². The van der Waals surface area contributed by atoms with Crippen molar-refractivity contribution in [2.24, 2.45) is 11.8 Å². The van der Waals surface area contributed by atoms with E-state index in [0.29, 0.717) is 12.0 Å². The zero-order chi connectivity index (χ0) is 9.42. The maximum atomic E-state index is 11.7. The molecule has 1 aliphatic carbocycles. The zero-order valence-corrected chi connectivity index (χ0v) is 8.42. The van der Waals surface area contributed by atoms with Crippen molar-refractivity contribution in [2.75, 3.05) is 20.1 Å². The fourth-order valence-corrected chi connectivity index (χ4v) is 2.09. The summed E-state index contributed by atoms with van der Waals surface area (Å²) in [6.07, 6.45) is 2.37. The minimum absolute atomic E-state index is 0.227. The van der Waals surface area contributed by atoms with Gasteiger partial charge >= 0.3 is 0 Å². The largest absolute Gasteiger partial charge is 0.353 e. The number of amides is 1. The molecule has 2 unspecified atom stereocenters. The van der Waals surface area contributed by atoms with Gasteiger partial charge in [-0.15, -0.1) is 0 Å². The van der Waals surface area contributed by atoms with Gasteiger partial charge in [-0.05, 0) is 25.8 Å². The fourth-order valence-electron chi connectivity index (χ4n) is 2.09. The number of likely N-dealkylation sites (tertiary alicyclic amines) is 1. The van der Waals surface area contributed by atoms with Crippen LogP contribution in [0, 0.1) is 11.8 Å². The van der Waals surface area contributed by atoms with Crippen LogP contribution in [0.2, 0.25) is 0 Å². The van der Waals surface area contributed by atoms with Crippen LogP contribution in [0.1, 0.15) is 19.8 Å². The van der Waals surface area contributed by atoms with Crippen molar-refractivity contribution in [3.05, 3.63) is 0 Å². The molecule has 1 N–H and O–H groups in total. The first-order valence-electron chi connectivity index (χ1n) is 5.15. The molecule has 2 atom stereocenters. The van der Waals surface area contributed by atoms with E-state index in [2.05, 4.69) is 24.2 Å². The Hall–Kier alpha value is -0.570. The van der Waals surface area contributed by atoms with Crippen molar-refractivity contribution >= 4 is 5.91 Å². The standard InChI is InChI=1S/C10H18N2O/c1-7-5-12(2)6-9(7)10(13)11-8-3-4-8/h7-9H,3-6H2,1-2H3,(H,11,13). The molecule has 1 saturated heterocycles. The molecule has 0 aromatic heterocycles. The van der Waals surface area contributed by atoms with Crippen LogP contribution in [0.4, 0.5) is 0 Å². The number of carbonyl (C=O) groups excluding carboxylic acids is 1. The highest BCUT2D eigenvalue weighted by Crippen LogP contribution is 2.24. The number of nitrogens with zero attached hydrogens (tertiary/aromatic N) is 1. The topological polar surface area (TPSA) is 32.3 Å². The normalized spacial score (nSPS) is 34.9. The summed E-state index contributed by atoms with van der Waals surface area (Å²) in [4.78, 5) is 14.0. The SMILES string of the molecule is CC1CN(C)CC1C(=O)NC1CC1. The Morgan fingerprint density at radius 1 is 1.38 bits per heavy atom. The zero-order valence-electron chi connectivity index (χ0n) is 8.42. The Bertz CT molecular complexity index is 213. The molecule has 0 spiro atoms. The van der Waals surface area contributed by atoms with E-state index in [1.165, 1.54) is 12.8 Å². The van der Waals surface area contributed by atoms with Gasteiger partial charge < -0.3 is 10.2 Å². The van der Waals surface area contributed by atoms with Gasteiger partial charge in [-0.2, -0.15) is 0 Å². The Morgan fingerprint density at radius 3 is 2.54 bits per heavy atom. The number of hydrogen-bond donors (Lipinski definition) is 1. The maximum absolute atomic E-state index is 11.7. The molecule has 1 saturated carbocycles. The van der Waals surface area contributed by atoms with Crippen molar-refractivity contribution in [2.45, 2.75) is 25.8 Å².